The van der Waals surface area contributed by atoms with Crippen LogP contribution in [-0.2, 0) is 0 Å². The molecule has 0 aliphatic carbocycles. The number of nitrogens with zero attached hydrogens (tertiary/aromatic N) is 1. The summed E-state index contributed by atoms with van der Waals surface area (Å²) in [4.78, 5) is 0. The number of aliphatic hydroxyl groups excluding tert-OH is 2. The maximum atomic E-state index is 10.1. The molecule has 2 N–H and O–H groups in total. The molecule has 0 saturated heterocycles. The van der Waals surface area contributed by atoms with E-state index in [0.717, 1.165) is 25.9 Å². The lowest BCUT2D eigenvalue weighted by Crippen LogP contribution is -2.47. The Bertz CT molecular complexity index is 231. The summed E-state index contributed by atoms with van der Waals surface area (Å²) in [6, 6.07) is 0. The maximum absolute atomic E-state index is 10.1. The van der Waals surface area contributed by atoms with Crippen molar-refractivity contribution in [2.45, 2.75) is 90.1 Å². The summed E-state index contributed by atoms with van der Waals surface area (Å²) >= 11 is 0. The number of unbranched alkanes of at least 4 members (excludes halogenated alkanes) is 10. The standard InChI is InChI=1S/C19H42NO2/c1-4-5-6-7-8-9-10-11-12-13-14-15-19(22)18-20(2,3)16-17-21/h19,21-22H,4-18H2,1-3H3/q+1. The van der Waals surface area contributed by atoms with E-state index in [4.69, 9.17) is 5.11 Å². The molecule has 0 spiro atoms. The van der Waals surface area contributed by atoms with Gasteiger partial charge in [-0.3, -0.25) is 0 Å². The number of hydrogen-bond donors (Lipinski definition) is 2. The summed E-state index contributed by atoms with van der Waals surface area (Å²) in [6.07, 6.45) is 15.5. The Labute approximate surface area is 139 Å². The highest BCUT2D eigenvalue weighted by molar-refractivity contribution is 4.56. The Morgan fingerprint density at radius 2 is 1.23 bits per heavy atom. The van der Waals surface area contributed by atoms with Gasteiger partial charge in [0.05, 0.1) is 20.7 Å². The Kier molecular flexibility index (Phi) is 14.4. The smallest absolute Gasteiger partial charge is 0.105 e. The van der Waals surface area contributed by atoms with Gasteiger partial charge in [-0.15, -0.1) is 0 Å². The predicted octanol–water partition coefficient (Wildman–Crippen LogP) is 4.12. The fraction of sp³-hybridized carbons (Fsp3) is 1.00. The van der Waals surface area contributed by atoms with Gasteiger partial charge < -0.3 is 14.7 Å². The minimum absolute atomic E-state index is 0.193. The van der Waals surface area contributed by atoms with Crippen molar-refractivity contribution in [1.29, 1.82) is 0 Å². The first-order valence-electron chi connectivity index (χ1n) is 9.62. The van der Waals surface area contributed by atoms with Gasteiger partial charge >= 0.3 is 0 Å². The van der Waals surface area contributed by atoms with Crippen molar-refractivity contribution in [3.05, 3.63) is 0 Å². The third-order valence-electron chi connectivity index (χ3n) is 4.55. The van der Waals surface area contributed by atoms with Crippen molar-refractivity contribution in [2.75, 3.05) is 33.8 Å². The zero-order valence-corrected chi connectivity index (χ0v) is 15.5. The summed E-state index contributed by atoms with van der Waals surface area (Å²) in [6.45, 7) is 3.93. The minimum atomic E-state index is -0.222. The highest BCUT2D eigenvalue weighted by atomic mass is 16.3. The maximum Gasteiger partial charge on any atom is 0.105 e. The largest absolute Gasteiger partial charge is 0.391 e. The lowest BCUT2D eigenvalue weighted by Gasteiger charge is -2.31. The van der Waals surface area contributed by atoms with Crippen LogP contribution in [0.5, 0.6) is 0 Å². The van der Waals surface area contributed by atoms with Crippen molar-refractivity contribution in [1.82, 2.24) is 0 Å². The van der Waals surface area contributed by atoms with Gasteiger partial charge in [-0.25, -0.2) is 0 Å². The zero-order chi connectivity index (χ0) is 16.7. The van der Waals surface area contributed by atoms with E-state index >= 15 is 0 Å². The first-order valence-corrected chi connectivity index (χ1v) is 9.62. The molecule has 0 aromatic heterocycles. The SMILES string of the molecule is CCCCCCCCCCCCCC(O)C[N+](C)(C)CCO. The van der Waals surface area contributed by atoms with Gasteiger partial charge in [-0.1, -0.05) is 77.6 Å². The molecule has 3 heteroatoms. The zero-order valence-electron chi connectivity index (χ0n) is 15.5. The average Bonchev–Trinajstić information content (AvgIpc) is 2.44. The molecule has 0 aliphatic heterocycles. The van der Waals surface area contributed by atoms with Gasteiger partial charge in [0, 0.05) is 0 Å². The van der Waals surface area contributed by atoms with E-state index in [1.54, 1.807) is 0 Å². The first-order chi connectivity index (χ1) is 10.5. The first kappa shape index (κ1) is 21.9. The van der Waals surface area contributed by atoms with Crippen molar-refractivity contribution < 1.29 is 14.7 Å². The van der Waals surface area contributed by atoms with Gasteiger partial charge in [-0.2, -0.15) is 0 Å². The molecule has 0 bridgehead atoms. The Morgan fingerprint density at radius 3 is 1.68 bits per heavy atom. The Balaban J connectivity index is 3.32. The summed E-state index contributed by atoms with van der Waals surface area (Å²) < 4.78 is 0.704. The van der Waals surface area contributed by atoms with Crippen LogP contribution in [0.4, 0.5) is 0 Å². The molecule has 0 rings (SSSR count). The highest BCUT2D eigenvalue weighted by Gasteiger charge is 2.19. The third-order valence-corrected chi connectivity index (χ3v) is 4.55. The van der Waals surface area contributed by atoms with Crippen molar-refractivity contribution in [3.8, 4) is 0 Å². The lowest BCUT2D eigenvalue weighted by atomic mass is 10.0. The lowest BCUT2D eigenvalue weighted by molar-refractivity contribution is -0.893. The van der Waals surface area contributed by atoms with E-state index in [-0.39, 0.29) is 12.7 Å². The van der Waals surface area contributed by atoms with Crippen LogP contribution in [0.25, 0.3) is 0 Å². The molecule has 1 unspecified atom stereocenters. The van der Waals surface area contributed by atoms with Crippen LogP contribution >= 0.6 is 0 Å². The van der Waals surface area contributed by atoms with Crippen LogP contribution < -0.4 is 0 Å². The molecule has 3 nitrogen and oxygen atoms in total. The third kappa shape index (κ3) is 14.8. The predicted molar refractivity (Wildman–Crippen MR) is 96.0 cm³/mol. The van der Waals surface area contributed by atoms with E-state index in [1.165, 1.54) is 64.2 Å². The second-order valence-electron chi connectivity index (χ2n) is 7.54. The Morgan fingerprint density at radius 1 is 0.773 bits per heavy atom. The van der Waals surface area contributed by atoms with Crippen molar-refractivity contribution in [2.24, 2.45) is 0 Å². The van der Waals surface area contributed by atoms with E-state index in [0.29, 0.717) is 4.48 Å². The van der Waals surface area contributed by atoms with Gasteiger partial charge in [0.1, 0.15) is 19.2 Å². The van der Waals surface area contributed by atoms with Gasteiger partial charge in [0.25, 0.3) is 0 Å². The van der Waals surface area contributed by atoms with E-state index < -0.39 is 0 Å². The normalized spacial score (nSPS) is 13.5. The van der Waals surface area contributed by atoms with Gasteiger partial charge in [0.15, 0.2) is 0 Å². The fourth-order valence-electron chi connectivity index (χ4n) is 3.07. The van der Waals surface area contributed by atoms with Crippen LogP contribution in [0.1, 0.15) is 84.0 Å². The summed E-state index contributed by atoms with van der Waals surface area (Å²) in [7, 11) is 4.14. The second kappa shape index (κ2) is 14.5. The molecular weight excluding hydrogens is 274 g/mol. The van der Waals surface area contributed by atoms with E-state index in [9.17, 15) is 5.11 Å². The monoisotopic (exact) mass is 316 g/mol. The van der Waals surface area contributed by atoms with E-state index in [2.05, 4.69) is 21.0 Å². The van der Waals surface area contributed by atoms with Crippen molar-refractivity contribution in [3.63, 3.8) is 0 Å². The van der Waals surface area contributed by atoms with Gasteiger partial charge in [0.2, 0.25) is 0 Å². The quantitative estimate of drug-likeness (QED) is 0.332. The molecule has 0 radical (unpaired) electrons. The second-order valence-corrected chi connectivity index (χ2v) is 7.54. The van der Waals surface area contributed by atoms with Crippen LogP contribution in [0.2, 0.25) is 0 Å². The summed E-state index contributed by atoms with van der Waals surface area (Å²) in [5, 5.41) is 19.1. The molecule has 0 aliphatic rings. The number of rotatable bonds is 16. The van der Waals surface area contributed by atoms with Crippen LogP contribution in [0.3, 0.4) is 0 Å². The van der Waals surface area contributed by atoms with Crippen molar-refractivity contribution >= 4 is 0 Å². The molecular formula is C19H42NO2+. The summed E-state index contributed by atoms with van der Waals surface area (Å²) in [5.74, 6) is 0. The molecule has 0 aromatic carbocycles. The number of aliphatic hydroxyl groups is 2. The molecule has 0 heterocycles. The molecule has 0 aromatic rings. The highest BCUT2D eigenvalue weighted by Crippen LogP contribution is 2.13. The van der Waals surface area contributed by atoms with E-state index in [1.807, 2.05) is 0 Å². The average molecular weight is 317 g/mol. The fourth-order valence-corrected chi connectivity index (χ4v) is 3.07. The Hall–Kier alpha value is -0.120. The van der Waals surface area contributed by atoms with Crippen LogP contribution in [0.15, 0.2) is 0 Å². The number of hydrogen-bond acceptors (Lipinski definition) is 2. The summed E-state index contributed by atoms with van der Waals surface area (Å²) in [5.41, 5.74) is 0. The molecule has 1 atom stereocenters. The molecule has 0 saturated carbocycles. The molecule has 22 heavy (non-hydrogen) atoms. The topological polar surface area (TPSA) is 40.5 Å². The van der Waals surface area contributed by atoms with Crippen LogP contribution in [-0.4, -0.2) is 54.6 Å². The molecule has 0 fully saturated rings. The van der Waals surface area contributed by atoms with Crippen LogP contribution in [0, 0.1) is 0 Å². The number of quaternary nitrogens is 1. The number of likely N-dealkylation sites (N-methyl/N-ethyl adjacent to an activating group) is 1. The minimum Gasteiger partial charge on any atom is -0.391 e. The van der Waals surface area contributed by atoms with Gasteiger partial charge in [-0.05, 0) is 6.42 Å². The molecule has 134 valence electrons. The molecule has 0 amide bonds.